The molecule has 0 aliphatic carbocycles. The summed E-state index contributed by atoms with van der Waals surface area (Å²) in [5.41, 5.74) is 2.20. The molecule has 0 amide bonds. The van der Waals surface area contributed by atoms with Gasteiger partial charge in [0, 0.05) is 14.1 Å². The Morgan fingerprint density at radius 1 is 1.00 bits per heavy atom. The zero-order chi connectivity index (χ0) is 26.0. The number of carbonyl (C=O) groups excluding carboxylic acids is 1. The average Bonchev–Trinajstić information content (AvgIpc) is 3.52. The van der Waals surface area contributed by atoms with Gasteiger partial charge < -0.3 is 18.5 Å². The van der Waals surface area contributed by atoms with Crippen LogP contribution >= 0.6 is 15.9 Å². The Labute approximate surface area is 218 Å². The van der Waals surface area contributed by atoms with Crippen LogP contribution in [0.4, 0.5) is 0 Å². The van der Waals surface area contributed by atoms with Crippen molar-refractivity contribution >= 4 is 32.8 Å². The van der Waals surface area contributed by atoms with Crippen LogP contribution in [0.1, 0.15) is 27.9 Å². The minimum Gasteiger partial charge on any atom is -0.474 e. The Morgan fingerprint density at radius 3 is 2.43 bits per heavy atom. The predicted molar refractivity (Wildman–Crippen MR) is 139 cm³/mol. The average molecular weight is 562 g/mol. The number of hydrogen-bond donors (Lipinski definition) is 0. The first-order valence-electron chi connectivity index (χ1n) is 11.4. The van der Waals surface area contributed by atoms with Crippen LogP contribution in [0.3, 0.4) is 0 Å². The van der Waals surface area contributed by atoms with Gasteiger partial charge in [0.2, 0.25) is 0 Å². The molecule has 2 aromatic carbocycles. The number of hydrogen-bond acceptors (Lipinski definition) is 6. The van der Waals surface area contributed by atoms with Gasteiger partial charge in [0.25, 0.3) is 5.56 Å². The molecule has 0 saturated heterocycles. The van der Waals surface area contributed by atoms with Gasteiger partial charge in [-0.25, -0.2) is 9.59 Å². The fourth-order valence-electron chi connectivity index (χ4n) is 4.94. The lowest BCUT2D eigenvalue weighted by molar-refractivity contribution is 0.0600. The van der Waals surface area contributed by atoms with Gasteiger partial charge in [-0.05, 0) is 51.8 Å². The third-order valence-corrected chi connectivity index (χ3v) is 7.05. The van der Waals surface area contributed by atoms with Crippen LogP contribution in [0, 0.1) is 0 Å². The molecule has 5 aromatic rings. The van der Waals surface area contributed by atoms with Crippen LogP contribution in [0.25, 0.3) is 27.8 Å². The molecule has 9 nitrogen and oxygen atoms in total. The molecule has 10 heteroatoms. The molecule has 1 aliphatic rings. The van der Waals surface area contributed by atoms with Crippen molar-refractivity contribution in [3.63, 3.8) is 0 Å². The molecule has 0 N–H and O–H groups in total. The van der Waals surface area contributed by atoms with E-state index in [4.69, 9.17) is 13.9 Å². The topological polar surface area (TPSA) is 97.6 Å². The molecule has 3 aromatic heterocycles. The SMILES string of the molecule is COC(=O)c1ccc2c(c1)-n1c(-c3ccccc3)c3c(=O)n(C)c(=O)n(C)c3c1C(c1ccc(Br)o1)O2. The Morgan fingerprint density at radius 2 is 1.76 bits per heavy atom. The summed E-state index contributed by atoms with van der Waals surface area (Å²) in [6, 6.07) is 17.9. The molecule has 186 valence electrons. The first kappa shape index (κ1) is 23.1. The second kappa shape index (κ2) is 8.38. The van der Waals surface area contributed by atoms with Crippen LogP contribution in [-0.2, 0) is 18.8 Å². The number of benzene rings is 2. The third kappa shape index (κ3) is 3.32. The van der Waals surface area contributed by atoms with E-state index in [-0.39, 0.29) is 0 Å². The highest BCUT2D eigenvalue weighted by molar-refractivity contribution is 9.10. The van der Waals surface area contributed by atoms with Crippen molar-refractivity contribution in [2.45, 2.75) is 6.10 Å². The highest BCUT2D eigenvalue weighted by Crippen LogP contribution is 2.47. The predicted octanol–water partition coefficient (Wildman–Crippen LogP) is 4.32. The summed E-state index contributed by atoms with van der Waals surface area (Å²) in [5, 5.41) is 0.348. The Balaban J connectivity index is 1.85. The van der Waals surface area contributed by atoms with Crippen LogP contribution in [-0.4, -0.2) is 26.8 Å². The Bertz CT molecular complexity index is 1840. The quantitative estimate of drug-likeness (QED) is 0.304. The summed E-state index contributed by atoms with van der Waals surface area (Å²) >= 11 is 3.35. The molecular weight excluding hydrogens is 542 g/mol. The van der Waals surface area contributed by atoms with Crippen LogP contribution in [0.5, 0.6) is 5.75 Å². The minimum atomic E-state index is -0.791. The molecule has 1 aliphatic heterocycles. The molecule has 37 heavy (non-hydrogen) atoms. The summed E-state index contributed by atoms with van der Waals surface area (Å²) < 4.78 is 22.2. The number of ether oxygens (including phenoxy) is 2. The molecule has 0 fully saturated rings. The maximum atomic E-state index is 13.7. The lowest BCUT2D eigenvalue weighted by Crippen LogP contribution is -2.37. The van der Waals surface area contributed by atoms with Crippen molar-refractivity contribution in [1.82, 2.24) is 13.7 Å². The van der Waals surface area contributed by atoms with E-state index in [2.05, 4.69) is 15.9 Å². The van der Waals surface area contributed by atoms with E-state index in [1.54, 1.807) is 37.4 Å². The number of esters is 1. The van der Waals surface area contributed by atoms with Crippen molar-refractivity contribution in [2.75, 3.05) is 7.11 Å². The molecule has 0 bridgehead atoms. The standard InChI is InChI=1S/C27H20BrN3O6/c1-29-22-20(25(32)30(2)27(29)34)21(14-7-5-4-6-8-14)31-16-13-15(26(33)35-3)9-10-17(16)37-24(23(22)31)18-11-12-19(28)36-18/h4-13,24H,1-3H3. The number of methoxy groups -OCH3 is 1. The van der Waals surface area contributed by atoms with E-state index in [1.165, 1.54) is 18.7 Å². The van der Waals surface area contributed by atoms with Gasteiger partial charge in [-0.3, -0.25) is 13.9 Å². The zero-order valence-corrected chi connectivity index (χ0v) is 21.6. The van der Waals surface area contributed by atoms with Gasteiger partial charge >= 0.3 is 11.7 Å². The normalized spacial score (nSPS) is 14.2. The molecule has 1 unspecified atom stereocenters. The number of aryl methyl sites for hydroxylation is 1. The third-order valence-electron chi connectivity index (χ3n) is 6.62. The molecule has 6 rings (SSSR count). The van der Waals surface area contributed by atoms with Gasteiger partial charge in [-0.2, -0.15) is 0 Å². The molecule has 0 radical (unpaired) electrons. The molecular formula is C27H20BrN3O6. The van der Waals surface area contributed by atoms with E-state index in [1.807, 2.05) is 34.9 Å². The van der Waals surface area contributed by atoms with E-state index in [9.17, 15) is 14.4 Å². The Hall–Kier alpha value is -4.31. The van der Waals surface area contributed by atoms with Crippen LogP contribution in [0.2, 0.25) is 0 Å². The largest absolute Gasteiger partial charge is 0.474 e. The second-order valence-electron chi connectivity index (χ2n) is 8.68. The maximum Gasteiger partial charge on any atom is 0.337 e. The molecule has 4 heterocycles. The van der Waals surface area contributed by atoms with E-state index in [0.29, 0.717) is 49.7 Å². The zero-order valence-electron chi connectivity index (χ0n) is 20.0. The summed E-state index contributed by atoms with van der Waals surface area (Å²) in [6.45, 7) is 0. The first-order valence-corrected chi connectivity index (χ1v) is 12.2. The van der Waals surface area contributed by atoms with Crippen LogP contribution < -0.4 is 16.0 Å². The summed E-state index contributed by atoms with van der Waals surface area (Å²) in [6.07, 6.45) is -0.791. The van der Waals surface area contributed by atoms with Gasteiger partial charge in [0.1, 0.15) is 5.75 Å². The van der Waals surface area contributed by atoms with Crippen LogP contribution in [0.15, 0.2) is 79.3 Å². The van der Waals surface area contributed by atoms with E-state index in [0.717, 1.165) is 10.1 Å². The van der Waals surface area contributed by atoms with Crippen molar-refractivity contribution < 1.29 is 18.7 Å². The summed E-state index contributed by atoms with van der Waals surface area (Å²) in [5.74, 6) is 0.433. The van der Waals surface area contributed by atoms with Gasteiger partial charge in [-0.15, -0.1) is 0 Å². The molecule has 0 saturated carbocycles. The number of nitrogens with zero attached hydrogens (tertiary/aromatic N) is 3. The number of carbonyl (C=O) groups is 1. The van der Waals surface area contributed by atoms with Crippen molar-refractivity contribution in [2.24, 2.45) is 14.1 Å². The van der Waals surface area contributed by atoms with Crippen molar-refractivity contribution in [3.05, 3.63) is 103 Å². The summed E-state index contributed by atoms with van der Waals surface area (Å²) in [7, 11) is 4.39. The molecule has 0 spiro atoms. The van der Waals surface area contributed by atoms with Crippen molar-refractivity contribution in [3.8, 4) is 22.7 Å². The van der Waals surface area contributed by atoms with Crippen molar-refractivity contribution in [1.29, 1.82) is 0 Å². The Kier molecular flexibility index (Phi) is 5.23. The fourth-order valence-corrected chi connectivity index (χ4v) is 5.26. The lowest BCUT2D eigenvalue weighted by atomic mass is 10.1. The maximum absolute atomic E-state index is 13.7. The monoisotopic (exact) mass is 561 g/mol. The fraction of sp³-hybridized carbons (Fsp3) is 0.148. The highest BCUT2D eigenvalue weighted by atomic mass is 79.9. The second-order valence-corrected chi connectivity index (χ2v) is 9.46. The van der Waals surface area contributed by atoms with Gasteiger partial charge in [0.05, 0.1) is 40.7 Å². The number of fused-ring (bicyclic) bond motifs is 5. The first-order chi connectivity index (χ1) is 17.8. The molecule has 1 atom stereocenters. The lowest BCUT2D eigenvalue weighted by Gasteiger charge is -2.29. The number of rotatable bonds is 3. The highest BCUT2D eigenvalue weighted by Gasteiger charge is 2.38. The van der Waals surface area contributed by atoms with Gasteiger partial charge in [-0.1, -0.05) is 30.3 Å². The van der Waals surface area contributed by atoms with E-state index < -0.39 is 23.3 Å². The number of halogens is 1. The van der Waals surface area contributed by atoms with E-state index >= 15 is 0 Å². The summed E-state index contributed by atoms with van der Waals surface area (Å²) in [4.78, 5) is 39.2. The minimum absolute atomic E-state index is 0.313. The van der Waals surface area contributed by atoms with Gasteiger partial charge in [0.15, 0.2) is 16.5 Å². The smallest absolute Gasteiger partial charge is 0.337 e. The number of furan rings is 1. The number of aromatic nitrogens is 3.